The molecule has 4 aromatic rings. The van der Waals surface area contributed by atoms with E-state index in [2.05, 4.69) is 0 Å². The molecule has 168 valence electrons. The Balaban J connectivity index is 1.82. The van der Waals surface area contributed by atoms with E-state index in [9.17, 15) is 9.59 Å². The molecular weight excluding hydrogens is 434 g/mol. The fourth-order valence-electron chi connectivity index (χ4n) is 3.64. The maximum absolute atomic E-state index is 13.6. The first-order valence-electron chi connectivity index (χ1n) is 10.6. The normalized spacial score (nSPS) is 11.9. The lowest BCUT2D eigenvalue weighted by molar-refractivity contribution is -0.117. The minimum Gasteiger partial charge on any atom is -0.495 e. The Morgan fingerprint density at radius 1 is 1.06 bits per heavy atom. The maximum atomic E-state index is 13.6. The number of benzene rings is 3. The number of ether oxygens (including phenoxy) is 1. The number of hydrogen-bond donors (Lipinski definition) is 0. The Hall–Kier alpha value is -3.58. The topological polar surface area (TPSA) is 64.4 Å². The third kappa shape index (κ3) is 4.50. The Morgan fingerprint density at radius 2 is 1.76 bits per heavy atom. The van der Waals surface area contributed by atoms with Crippen molar-refractivity contribution >= 4 is 34.3 Å². The highest BCUT2D eigenvalue weighted by Crippen LogP contribution is 2.31. The largest absolute Gasteiger partial charge is 0.495 e. The van der Waals surface area contributed by atoms with Crippen LogP contribution in [0.5, 0.6) is 5.75 Å². The third-order valence-electron chi connectivity index (χ3n) is 5.42. The molecular formula is C26H25N3O3S. The van der Waals surface area contributed by atoms with Gasteiger partial charge < -0.3 is 9.64 Å². The Labute approximate surface area is 196 Å². The van der Waals surface area contributed by atoms with Crippen molar-refractivity contribution in [3.8, 4) is 11.4 Å². The van der Waals surface area contributed by atoms with Crippen LogP contribution >= 0.6 is 11.8 Å². The monoisotopic (exact) mass is 459 g/mol. The third-order valence-corrected chi connectivity index (χ3v) is 6.46. The van der Waals surface area contributed by atoms with Gasteiger partial charge in [-0.15, -0.1) is 0 Å². The SMILES string of the molecule is COc1ccc(C)cc1-n1c(S[C@@H](C)C(=O)N(C)c2ccccc2)nc2ccccc2c1=O. The summed E-state index contributed by atoms with van der Waals surface area (Å²) in [6.45, 7) is 3.78. The Morgan fingerprint density at radius 3 is 2.48 bits per heavy atom. The molecule has 6 nitrogen and oxygen atoms in total. The van der Waals surface area contributed by atoms with E-state index in [-0.39, 0.29) is 11.5 Å². The van der Waals surface area contributed by atoms with Crippen molar-refractivity contribution in [2.24, 2.45) is 0 Å². The summed E-state index contributed by atoms with van der Waals surface area (Å²) in [6.07, 6.45) is 0. The van der Waals surface area contributed by atoms with Crippen LogP contribution in [0, 0.1) is 6.92 Å². The van der Waals surface area contributed by atoms with Gasteiger partial charge in [0.1, 0.15) is 5.75 Å². The van der Waals surface area contributed by atoms with Gasteiger partial charge in [-0.05, 0) is 55.8 Å². The van der Waals surface area contributed by atoms with E-state index in [0.29, 0.717) is 27.5 Å². The first kappa shape index (κ1) is 22.6. The van der Waals surface area contributed by atoms with Crippen molar-refractivity contribution in [3.63, 3.8) is 0 Å². The van der Waals surface area contributed by atoms with Gasteiger partial charge in [0.05, 0.1) is 29.0 Å². The number of carbonyl (C=O) groups excluding carboxylic acids is 1. The zero-order valence-electron chi connectivity index (χ0n) is 19.0. The molecule has 1 heterocycles. The first-order valence-corrected chi connectivity index (χ1v) is 11.4. The van der Waals surface area contributed by atoms with Crippen LogP contribution in [-0.4, -0.2) is 34.9 Å². The second-order valence-electron chi connectivity index (χ2n) is 7.72. The number of hydrogen-bond acceptors (Lipinski definition) is 5. The second-order valence-corrected chi connectivity index (χ2v) is 9.03. The summed E-state index contributed by atoms with van der Waals surface area (Å²) in [4.78, 5) is 33.2. The van der Waals surface area contributed by atoms with E-state index in [0.717, 1.165) is 11.3 Å². The molecule has 0 N–H and O–H groups in total. The standard InChI is InChI=1S/C26H25N3O3S/c1-17-14-15-23(32-4)22(16-17)29-25(31)20-12-8-9-13-21(20)27-26(29)33-18(2)24(30)28(3)19-10-6-5-7-11-19/h5-16,18H,1-4H3/t18-/m0/s1. The predicted molar refractivity (Wildman–Crippen MR) is 134 cm³/mol. The van der Waals surface area contributed by atoms with Gasteiger partial charge in [-0.2, -0.15) is 0 Å². The number of amides is 1. The van der Waals surface area contributed by atoms with Crippen LogP contribution < -0.4 is 15.2 Å². The number of thioether (sulfide) groups is 1. The molecule has 0 aliphatic carbocycles. The molecule has 1 amide bonds. The van der Waals surface area contributed by atoms with E-state index >= 15 is 0 Å². The molecule has 0 fully saturated rings. The van der Waals surface area contributed by atoms with Crippen molar-refractivity contribution in [3.05, 3.63) is 88.7 Å². The Kier molecular flexibility index (Phi) is 6.51. The molecule has 0 unspecified atom stereocenters. The van der Waals surface area contributed by atoms with E-state index < -0.39 is 5.25 Å². The lowest BCUT2D eigenvalue weighted by atomic mass is 10.2. The number of aryl methyl sites for hydroxylation is 1. The van der Waals surface area contributed by atoms with E-state index in [4.69, 9.17) is 9.72 Å². The van der Waals surface area contributed by atoms with Crippen LogP contribution in [0.4, 0.5) is 5.69 Å². The molecule has 0 aliphatic heterocycles. The minimum absolute atomic E-state index is 0.0867. The summed E-state index contributed by atoms with van der Waals surface area (Å²) in [5, 5.41) is 0.459. The van der Waals surface area contributed by atoms with Gasteiger partial charge >= 0.3 is 0 Å². The predicted octanol–water partition coefficient (Wildman–Crippen LogP) is 4.85. The highest BCUT2D eigenvalue weighted by atomic mass is 32.2. The van der Waals surface area contributed by atoms with Gasteiger partial charge in [0.15, 0.2) is 5.16 Å². The van der Waals surface area contributed by atoms with Crippen LogP contribution in [0.3, 0.4) is 0 Å². The van der Waals surface area contributed by atoms with Crippen molar-refractivity contribution in [1.29, 1.82) is 0 Å². The molecule has 4 rings (SSSR count). The molecule has 0 radical (unpaired) electrons. The summed E-state index contributed by atoms with van der Waals surface area (Å²) < 4.78 is 7.10. The van der Waals surface area contributed by atoms with E-state index in [1.807, 2.05) is 74.5 Å². The average molecular weight is 460 g/mol. The molecule has 0 bridgehead atoms. The lowest BCUT2D eigenvalue weighted by Gasteiger charge is -2.22. The van der Waals surface area contributed by atoms with Crippen LogP contribution in [0.25, 0.3) is 16.6 Å². The van der Waals surface area contributed by atoms with E-state index in [1.54, 1.807) is 35.8 Å². The summed E-state index contributed by atoms with van der Waals surface area (Å²) in [6, 6.07) is 22.3. The van der Waals surface area contributed by atoms with Crippen molar-refractivity contribution in [2.75, 3.05) is 19.1 Å². The minimum atomic E-state index is -0.481. The zero-order valence-corrected chi connectivity index (χ0v) is 19.8. The van der Waals surface area contributed by atoms with Gasteiger partial charge in [0.2, 0.25) is 5.91 Å². The van der Waals surface area contributed by atoms with Crippen LogP contribution in [0.15, 0.2) is 82.7 Å². The molecule has 3 aromatic carbocycles. The summed E-state index contributed by atoms with van der Waals surface area (Å²) in [5.74, 6) is 0.471. The van der Waals surface area contributed by atoms with Gasteiger partial charge in [0, 0.05) is 12.7 Å². The average Bonchev–Trinajstić information content (AvgIpc) is 2.84. The van der Waals surface area contributed by atoms with Gasteiger partial charge in [-0.1, -0.05) is 48.2 Å². The number of anilines is 1. The number of carbonyl (C=O) groups is 1. The number of rotatable bonds is 6. The number of fused-ring (bicyclic) bond motifs is 1. The van der Waals surface area contributed by atoms with Crippen LogP contribution in [0.2, 0.25) is 0 Å². The molecule has 0 spiro atoms. The second kappa shape index (κ2) is 9.50. The summed E-state index contributed by atoms with van der Waals surface area (Å²) in [7, 11) is 3.32. The highest BCUT2D eigenvalue weighted by molar-refractivity contribution is 8.00. The maximum Gasteiger partial charge on any atom is 0.266 e. The summed E-state index contributed by atoms with van der Waals surface area (Å²) >= 11 is 1.26. The van der Waals surface area contributed by atoms with Crippen molar-refractivity contribution in [1.82, 2.24) is 9.55 Å². The Bertz CT molecular complexity index is 1370. The van der Waals surface area contributed by atoms with Crippen LogP contribution in [-0.2, 0) is 4.79 Å². The zero-order chi connectivity index (χ0) is 23.5. The number of nitrogens with zero attached hydrogens (tertiary/aromatic N) is 3. The quantitative estimate of drug-likeness (QED) is 0.305. The molecule has 1 atom stereocenters. The molecule has 0 saturated heterocycles. The van der Waals surface area contributed by atoms with Gasteiger partial charge in [-0.25, -0.2) is 4.98 Å². The van der Waals surface area contributed by atoms with Gasteiger partial charge in [0.25, 0.3) is 5.56 Å². The molecule has 0 aliphatic rings. The number of aromatic nitrogens is 2. The lowest BCUT2D eigenvalue weighted by Crippen LogP contribution is -2.34. The molecule has 0 saturated carbocycles. The number of methoxy groups -OCH3 is 1. The smallest absolute Gasteiger partial charge is 0.266 e. The van der Waals surface area contributed by atoms with Gasteiger partial charge in [-0.3, -0.25) is 14.2 Å². The summed E-state index contributed by atoms with van der Waals surface area (Å²) in [5.41, 5.74) is 2.76. The van der Waals surface area contributed by atoms with Crippen LogP contribution in [0.1, 0.15) is 12.5 Å². The fraction of sp³-hybridized carbons (Fsp3) is 0.192. The fourth-order valence-corrected chi connectivity index (χ4v) is 4.65. The van der Waals surface area contributed by atoms with E-state index in [1.165, 1.54) is 11.8 Å². The molecule has 1 aromatic heterocycles. The highest BCUT2D eigenvalue weighted by Gasteiger charge is 2.24. The number of para-hydroxylation sites is 2. The first-order chi connectivity index (χ1) is 15.9. The van der Waals surface area contributed by atoms with Crippen molar-refractivity contribution < 1.29 is 9.53 Å². The molecule has 7 heteroatoms. The van der Waals surface area contributed by atoms with Crippen molar-refractivity contribution in [2.45, 2.75) is 24.3 Å². The molecule has 33 heavy (non-hydrogen) atoms.